The summed E-state index contributed by atoms with van der Waals surface area (Å²) in [5.41, 5.74) is 0.248. The number of hydrogen-bond acceptors (Lipinski definition) is 2. The molecule has 2 aromatic carbocycles. The van der Waals surface area contributed by atoms with Gasteiger partial charge in [0.25, 0.3) is 0 Å². The van der Waals surface area contributed by atoms with Crippen molar-refractivity contribution in [1.82, 2.24) is 5.32 Å². The van der Waals surface area contributed by atoms with E-state index in [-0.39, 0.29) is 24.1 Å². The highest BCUT2D eigenvalue weighted by atomic mass is 19.1. The summed E-state index contributed by atoms with van der Waals surface area (Å²) < 4.78 is 25.7. The number of carbonyl (C=O) groups excluding carboxylic acids is 1. The van der Waals surface area contributed by atoms with Crippen molar-refractivity contribution in [1.29, 1.82) is 0 Å². The fourth-order valence-electron chi connectivity index (χ4n) is 2.37. The van der Waals surface area contributed by atoms with E-state index in [2.05, 4.69) is 5.32 Å². The van der Waals surface area contributed by atoms with Crippen molar-refractivity contribution in [2.45, 2.75) is 31.8 Å². The summed E-state index contributed by atoms with van der Waals surface area (Å²) >= 11 is 0. The second-order valence-corrected chi connectivity index (χ2v) is 6.04. The number of benzene rings is 2. The van der Waals surface area contributed by atoms with E-state index in [0.29, 0.717) is 24.8 Å². The summed E-state index contributed by atoms with van der Waals surface area (Å²) in [6.07, 6.45) is 1.63. The fourth-order valence-corrected chi connectivity index (χ4v) is 2.37. The lowest BCUT2D eigenvalue weighted by Gasteiger charge is -2.24. The van der Waals surface area contributed by atoms with Crippen LogP contribution in [0, 0.1) is 11.6 Å². The van der Waals surface area contributed by atoms with E-state index < -0.39 is 5.60 Å². The first-order chi connectivity index (χ1) is 11.4. The Hall–Kier alpha value is -2.27. The zero-order chi connectivity index (χ0) is 17.6. The highest BCUT2D eigenvalue weighted by Crippen LogP contribution is 2.20. The molecular weight excluding hydrogens is 312 g/mol. The van der Waals surface area contributed by atoms with Gasteiger partial charge in [-0.2, -0.15) is 0 Å². The number of aliphatic hydroxyl groups is 1. The van der Waals surface area contributed by atoms with Gasteiger partial charge in [-0.3, -0.25) is 4.79 Å². The van der Waals surface area contributed by atoms with Crippen molar-refractivity contribution in [3.63, 3.8) is 0 Å². The molecule has 0 aliphatic heterocycles. The molecule has 1 unspecified atom stereocenters. The molecule has 2 N–H and O–H groups in total. The third-order valence-electron chi connectivity index (χ3n) is 3.88. The first-order valence-corrected chi connectivity index (χ1v) is 7.86. The van der Waals surface area contributed by atoms with Crippen LogP contribution in [0.15, 0.2) is 48.5 Å². The van der Waals surface area contributed by atoms with Crippen LogP contribution in [-0.2, 0) is 16.8 Å². The minimum absolute atomic E-state index is 0.0496. The van der Waals surface area contributed by atoms with Gasteiger partial charge in [-0.25, -0.2) is 8.78 Å². The molecule has 0 radical (unpaired) electrons. The van der Waals surface area contributed by atoms with Gasteiger partial charge in [0.2, 0.25) is 5.91 Å². The molecular formula is C19H21F2NO2. The molecule has 0 saturated carbocycles. The van der Waals surface area contributed by atoms with Crippen LogP contribution in [0.1, 0.15) is 30.9 Å². The molecule has 1 amide bonds. The molecule has 0 spiro atoms. The van der Waals surface area contributed by atoms with Gasteiger partial charge >= 0.3 is 0 Å². The van der Waals surface area contributed by atoms with Crippen molar-refractivity contribution in [2.75, 3.05) is 6.54 Å². The lowest BCUT2D eigenvalue weighted by molar-refractivity contribution is -0.122. The Labute approximate surface area is 140 Å². The Morgan fingerprint density at radius 2 is 1.58 bits per heavy atom. The van der Waals surface area contributed by atoms with Crippen LogP contribution in [-0.4, -0.2) is 17.6 Å². The van der Waals surface area contributed by atoms with Crippen LogP contribution in [0.3, 0.4) is 0 Å². The lowest BCUT2D eigenvalue weighted by Crippen LogP contribution is -2.38. The molecule has 1 atom stereocenters. The molecule has 0 aromatic heterocycles. The van der Waals surface area contributed by atoms with Crippen molar-refractivity contribution >= 4 is 5.91 Å². The first kappa shape index (κ1) is 18.1. The summed E-state index contributed by atoms with van der Waals surface area (Å²) in [5, 5.41) is 13.1. The zero-order valence-corrected chi connectivity index (χ0v) is 13.6. The van der Waals surface area contributed by atoms with Crippen LogP contribution in [0.2, 0.25) is 0 Å². The van der Waals surface area contributed by atoms with Crippen LogP contribution >= 0.6 is 0 Å². The summed E-state index contributed by atoms with van der Waals surface area (Å²) in [5.74, 6) is -0.821. The molecule has 0 aliphatic carbocycles. The fraction of sp³-hybridized carbons (Fsp3) is 0.316. The molecule has 0 heterocycles. The van der Waals surface area contributed by atoms with Crippen molar-refractivity contribution < 1.29 is 18.7 Å². The van der Waals surface area contributed by atoms with Crippen LogP contribution in [0.4, 0.5) is 8.78 Å². The smallest absolute Gasteiger partial charge is 0.220 e. The van der Waals surface area contributed by atoms with E-state index >= 15 is 0 Å². The quantitative estimate of drug-likeness (QED) is 0.817. The van der Waals surface area contributed by atoms with Gasteiger partial charge < -0.3 is 10.4 Å². The molecule has 2 aromatic rings. The van der Waals surface area contributed by atoms with Gasteiger partial charge in [-0.05, 0) is 55.2 Å². The number of rotatable bonds is 7. The van der Waals surface area contributed by atoms with Gasteiger partial charge in [0.05, 0.1) is 6.54 Å². The Bertz CT molecular complexity index is 667. The number of carbonyl (C=O) groups is 1. The van der Waals surface area contributed by atoms with Gasteiger partial charge in [0, 0.05) is 6.42 Å². The van der Waals surface area contributed by atoms with Gasteiger partial charge in [-0.15, -0.1) is 0 Å². The monoisotopic (exact) mass is 333 g/mol. The third kappa shape index (κ3) is 5.42. The Balaban J connectivity index is 1.75. The molecule has 0 saturated heterocycles. The number of amides is 1. The van der Waals surface area contributed by atoms with E-state index in [9.17, 15) is 18.7 Å². The van der Waals surface area contributed by atoms with E-state index in [4.69, 9.17) is 0 Å². The highest BCUT2D eigenvalue weighted by Gasteiger charge is 2.23. The van der Waals surface area contributed by atoms with Crippen molar-refractivity contribution in [3.8, 4) is 0 Å². The molecule has 3 nitrogen and oxygen atoms in total. The Kier molecular flexibility index (Phi) is 6.04. The maximum absolute atomic E-state index is 12.9. The molecule has 0 fully saturated rings. The largest absolute Gasteiger partial charge is 0.384 e. The summed E-state index contributed by atoms with van der Waals surface area (Å²) in [6, 6.07) is 11.7. The molecule has 128 valence electrons. The zero-order valence-electron chi connectivity index (χ0n) is 13.6. The van der Waals surface area contributed by atoms with Gasteiger partial charge in [-0.1, -0.05) is 24.3 Å². The minimum atomic E-state index is -1.26. The number of nitrogens with one attached hydrogen (secondary N) is 1. The number of halogens is 2. The van der Waals surface area contributed by atoms with Gasteiger partial charge in [0.1, 0.15) is 17.2 Å². The minimum Gasteiger partial charge on any atom is -0.384 e. The second kappa shape index (κ2) is 8.02. The molecule has 24 heavy (non-hydrogen) atoms. The average Bonchev–Trinajstić information content (AvgIpc) is 2.55. The summed E-state index contributed by atoms with van der Waals surface area (Å²) in [7, 11) is 0. The SMILES string of the molecule is CC(O)(CNC(=O)CCCc1ccc(F)cc1)c1ccc(F)cc1. The third-order valence-corrected chi connectivity index (χ3v) is 3.88. The highest BCUT2D eigenvalue weighted by molar-refractivity contribution is 5.75. The van der Waals surface area contributed by atoms with Gasteiger partial charge in [0.15, 0.2) is 0 Å². The lowest BCUT2D eigenvalue weighted by atomic mass is 9.96. The van der Waals surface area contributed by atoms with Crippen molar-refractivity contribution in [2.24, 2.45) is 0 Å². The standard InChI is InChI=1S/C19H21F2NO2/c1-19(24,15-7-11-17(21)12-8-15)13-22-18(23)4-2-3-14-5-9-16(20)10-6-14/h5-12,24H,2-4,13H2,1H3,(H,22,23). The van der Waals surface area contributed by atoms with Crippen LogP contribution in [0.25, 0.3) is 0 Å². The Morgan fingerprint density at radius 3 is 2.17 bits per heavy atom. The predicted octanol–water partition coefficient (Wildman–Crippen LogP) is 3.31. The van der Waals surface area contributed by atoms with E-state index in [1.54, 1.807) is 19.1 Å². The molecule has 5 heteroatoms. The van der Waals surface area contributed by atoms with Crippen LogP contribution in [0.5, 0.6) is 0 Å². The number of aryl methyl sites for hydroxylation is 1. The number of hydrogen-bond donors (Lipinski definition) is 2. The maximum Gasteiger partial charge on any atom is 0.220 e. The predicted molar refractivity (Wildman–Crippen MR) is 88.3 cm³/mol. The maximum atomic E-state index is 12.9. The normalized spacial score (nSPS) is 13.3. The molecule has 0 bridgehead atoms. The van der Waals surface area contributed by atoms with E-state index in [1.165, 1.54) is 36.4 Å². The average molecular weight is 333 g/mol. The first-order valence-electron chi connectivity index (χ1n) is 7.86. The summed E-state index contributed by atoms with van der Waals surface area (Å²) in [6.45, 7) is 1.62. The van der Waals surface area contributed by atoms with Crippen molar-refractivity contribution in [3.05, 3.63) is 71.3 Å². The topological polar surface area (TPSA) is 49.3 Å². The second-order valence-electron chi connectivity index (χ2n) is 6.04. The molecule has 0 aliphatic rings. The van der Waals surface area contributed by atoms with E-state index in [1.807, 2.05) is 0 Å². The van der Waals surface area contributed by atoms with E-state index in [0.717, 1.165) is 5.56 Å². The molecule has 2 rings (SSSR count). The van der Waals surface area contributed by atoms with Crippen LogP contribution < -0.4 is 5.32 Å². The Morgan fingerprint density at radius 1 is 1.04 bits per heavy atom. The summed E-state index contributed by atoms with van der Waals surface area (Å²) in [4.78, 5) is 11.9.